The van der Waals surface area contributed by atoms with Crippen molar-refractivity contribution in [2.45, 2.75) is 39.7 Å². The third-order valence-corrected chi connectivity index (χ3v) is 4.26. The molecule has 1 aromatic heterocycles. The fraction of sp³-hybridized carbons (Fsp3) is 0.562. The minimum atomic E-state index is 0.374. The average Bonchev–Trinajstić information content (AvgIpc) is 2.41. The highest BCUT2D eigenvalue weighted by molar-refractivity contribution is 6.30. The van der Waals surface area contributed by atoms with Gasteiger partial charge in [0.15, 0.2) is 0 Å². The number of likely N-dealkylation sites (tertiary alicyclic amines) is 1. The molecule has 2 atom stereocenters. The Labute approximate surface area is 121 Å². The molecular formula is C16H23ClN2. The van der Waals surface area contributed by atoms with Crippen LogP contribution in [0.5, 0.6) is 0 Å². The van der Waals surface area contributed by atoms with Crippen LogP contribution in [-0.4, -0.2) is 23.0 Å². The molecule has 0 bridgehead atoms. The van der Waals surface area contributed by atoms with E-state index >= 15 is 0 Å². The van der Waals surface area contributed by atoms with Gasteiger partial charge in [0.05, 0.1) is 0 Å². The topological polar surface area (TPSA) is 16.1 Å². The van der Waals surface area contributed by atoms with Crippen molar-refractivity contribution in [3.8, 4) is 0 Å². The quantitative estimate of drug-likeness (QED) is 0.599. The molecule has 2 unspecified atom stereocenters. The maximum Gasteiger partial charge on any atom is 0.133 e. The van der Waals surface area contributed by atoms with Crippen LogP contribution in [0.2, 0.25) is 5.15 Å². The zero-order valence-electron chi connectivity index (χ0n) is 12.1. The van der Waals surface area contributed by atoms with Crippen LogP contribution in [0.3, 0.4) is 0 Å². The molecule has 0 saturated carbocycles. The van der Waals surface area contributed by atoms with Gasteiger partial charge in [-0.1, -0.05) is 43.2 Å². The summed E-state index contributed by atoms with van der Waals surface area (Å²) in [6.45, 7) is 8.89. The van der Waals surface area contributed by atoms with Crippen molar-refractivity contribution < 1.29 is 0 Å². The molecule has 1 aromatic rings. The molecule has 1 aliphatic heterocycles. The van der Waals surface area contributed by atoms with Gasteiger partial charge in [-0.25, -0.2) is 4.98 Å². The first-order chi connectivity index (χ1) is 9.15. The summed E-state index contributed by atoms with van der Waals surface area (Å²) in [5, 5.41) is 0.648. The minimum Gasteiger partial charge on any atom is -0.292 e. The highest BCUT2D eigenvalue weighted by Gasteiger charge is 2.27. The van der Waals surface area contributed by atoms with Crippen molar-refractivity contribution in [3.05, 3.63) is 40.7 Å². The van der Waals surface area contributed by atoms with Gasteiger partial charge in [-0.05, 0) is 31.7 Å². The van der Waals surface area contributed by atoms with E-state index in [2.05, 4.69) is 42.8 Å². The largest absolute Gasteiger partial charge is 0.292 e. The third-order valence-electron chi connectivity index (χ3n) is 3.95. The average molecular weight is 279 g/mol. The molecule has 0 aliphatic carbocycles. The van der Waals surface area contributed by atoms with E-state index in [9.17, 15) is 0 Å². The lowest BCUT2D eigenvalue weighted by molar-refractivity contribution is 0.155. The van der Waals surface area contributed by atoms with E-state index in [1.807, 2.05) is 6.07 Å². The zero-order valence-corrected chi connectivity index (χ0v) is 12.8. The lowest BCUT2D eigenvalue weighted by Crippen LogP contribution is -2.38. The van der Waals surface area contributed by atoms with E-state index in [0.29, 0.717) is 17.1 Å². The summed E-state index contributed by atoms with van der Waals surface area (Å²) in [6, 6.07) is 4.46. The minimum absolute atomic E-state index is 0.374. The highest BCUT2D eigenvalue weighted by atomic mass is 35.5. The molecular weight excluding hydrogens is 256 g/mol. The lowest BCUT2D eigenvalue weighted by atomic mass is 9.92. The second kappa shape index (κ2) is 6.53. The number of hydrogen-bond acceptors (Lipinski definition) is 2. The van der Waals surface area contributed by atoms with Crippen molar-refractivity contribution in [2.75, 3.05) is 13.1 Å². The van der Waals surface area contributed by atoms with Crippen LogP contribution >= 0.6 is 11.6 Å². The Hall–Kier alpha value is -0.860. The van der Waals surface area contributed by atoms with Gasteiger partial charge >= 0.3 is 0 Å². The SMILES string of the molecule is C/C=C1\CC(C)CN(C(CC)c2cccnc2Cl)C1. The second-order valence-electron chi connectivity index (χ2n) is 5.49. The maximum atomic E-state index is 6.27. The molecule has 0 aromatic carbocycles. The summed E-state index contributed by atoms with van der Waals surface area (Å²) in [5.41, 5.74) is 2.70. The van der Waals surface area contributed by atoms with Crippen LogP contribution in [0.25, 0.3) is 0 Å². The number of rotatable bonds is 3. The molecule has 0 radical (unpaired) electrons. The van der Waals surface area contributed by atoms with E-state index in [-0.39, 0.29) is 0 Å². The predicted molar refractivity (Wildman–Crippen MR) is 81.4 cm³/mol. The molecule has 19 heavy (non-hydrogen) atoms. The fourth-order valence-electron chi connectivity index (χ4n) is 3.07. The molecule has 1 saturated heterocycles. The lowest BCUT2D eigenvalue weighted by Gasteiger charge is -2.38. The van der Waals surface area contributed by atoms with E-state index in [1.54, 1.807) is 6.20 Å². The maximum absolute atomic E-state index is 6.27. The van der Waals surface area contributed by atoms with Gasteiger partial charge in [0.25, 0.3) is 0 Å². The molecule has 1 aliphatic rings. The predicted octanol–water partition coefficient (Wildman–Crippen LogP) is 4.47. The van der Waals surface area contributed by atoms with E-state index < -0.39 is 0 Å². The summed E-state index contributed by atoms with van der Waals surface area (Å²) < 4.78 is 0. The Kier molecular flexibility index (Phi) is 5.00. The Balaban J connectivity index is 2.24. The summed E-state index contributed by atoms with van der Waals surface area (Å²) in [5.74, 6) is 0.712. The van der Waals surface area contributed by atoms with Gasteiger partial charge < -0.3 is 0 Å². The Morgan fingerprint density at radius 3 is 3.00 bits per heavy atom. The highest BCUT2D eigenvalue weighted by Crippen LogP contribution is 2.33. The summed E-state index contributed by atoms with van der Waals surface area (Å²) >= 11 is 6.27. The molecule has 0 N–H and O–H groups in total. The first-order valence-corrected chi connectivity index (χ1v) is 7.52. The van der Waals surface area contributed by atoms with Crippen molar-refractivity contribution in [3.63, 3.8) is 0 Å². The molecule has 2 heterocycles. The van der Waals surface area contributed by atoms with Crippen LogP contribution in [0.1, 0.15) is 45.2 Å². The Morgan fingerprint density at radius 2 is 2.37 bits per heavy atom. The smallest absolute Gasteiger partial charge is 0.133 e. The standard InChI is InChI=1S/C16H23ClN2/c1-4-13-9-12(3)10-19(11-13)15(5-2)14-7-6-8-18-16(14)17/h4,6-8,12,15H,5,9-11H2,1-3H3/b13-4+. The van der Waals surface area contributed by atoms with Crippen molar-refractivity contribution in [1.29, 1.82) is 0 Å². The number of halogens is 1. The van der Waals surface area contributed by atoms with Gasteiger partial charge in [0, 0.05) is 30.9 Å². The van der Waals surface area contributed by atoms with Crippen molar-refractivity contribution >= 4 is 11.6 Å². The van der Waals surface area contributed by atoms with Crippen molar-refractivity contribution in [2.24, 2.45) is 5.92 Å². The van der Waals surface area contributed by atoms with Crippen LogP contribution in [-0.2, 0) is 0 Å². The molecule has 3 heteroatoms. The molecule has 2 nitrogen and oxygen atoms in total. The van der Waals surface area contributed by atoms with E-state index in [4.69, 9.17) is 11.6 Å². The Bertz CT molecular complexity index is 456. The van der Waals surface area contributed by atoms with E-state index in [0.717, 1.165) is 25.1 Å². The molecule has 1 fully saturated rings. The van der Waals surface area contributed by atoms with Gasteiger partial charge in [0.2, 0.25) is 0 Å². The van der Waals surface area contributed by atoms with Crippen LogP contribution < -0.4 is 0 Å². The number of allylic oxidation sites excluding steroid dienone is 1. The first kappa shape index (κ1) is 14.5. The first-order valence-electron chi connectivity index (χ1n) is 7.14. The molecule has 104 valence electrons. The molecule has 2 rings (SSSR count). The number of aromatic nitrogens is 1. The second-order valence-corrected chi connectivity index (χ2v) is 5.85. The monoisotopic (exact) mass is 278 g/mol. The molecule has 0 amide bonds. The van der Waals surface area contributed by atoms with Crippen LogP contribution in [0.4, 0.5) is 0 Å². The fourth-order valence-corrected chi connectivity index (χ4v) is 3.32. The van der Waals surface area contributed by atoms with Gasteiger partial charge in [0.1, 0.15) is 5.15 Å². The van der Waals surface area contributed by atoms with Crippen LogP contribution in [0, 0.1) is 5.92 Å². The number of piperidine rings is 1. The van der Waals surface area contributed by atoms with Gasteiger partial charge in [-0.3, -0.25) is 4.90 Å². The number of nitrogens with zero attached hydrogens (tertiary/aromatic N) is 2. The zero-order chi connectivity index (χ0) is 13.8. The number of pyridine rings is 1. The van der Waals surface area contributed by atoms with E-state index in [1.165, 1.54) is 12.0 Å². The summed E-state index contributed by atoms with van der Waals surface area (Å²) in [7, 11) is 0. The normalized spacial score (nSPS) is 24.6. The summed E-state index contributed by atoms with van der Waals surface area (Å²) in [4.78, 5) is 6.77. The Morgan fingerprint density at radius 1 is 1.58 bits per heavy atom. The molecule has 0 spiro atoms. The van der Waals surface area contributed by atoms with Crippen molar-refractivity contribution in [1.82, 2.24) is 9.88 Å². The van der Waals surface area contributed by atoms with Gasteiger partial charge in [-0.15, -0.1) is 0 Å². The van der Waals surface area contributed by atoms with Gasteiger partial charge in [-0.2, -0.15) is 0 Å². The summed E-state index contributed by atoms with van der Waals surface area (Å²) in [6.07, 6.45) is 6.31. The van der Waals surface area contributed by atoms with Crippen LogP contribution in [0.15, 0.2) is 30.0 Å². The number of hydrogen-bond donors (Lipinski definition) is 0. The third kappa shape index (κ3) is 3.37.